The standard InChI is InChI=1S/C36H45N3O3/c1-7-10-25(4)28-13-19-31(20-14-28)40-34-37-35(41-32-21-15-29(16-22-32)26(5)11-8-2)39-36(38-34)42-33-23-17-30(18-24-33)27(6)12-9-3/h13-27H,7-12H2,1-6H3. The van der Waals surface area contributed by atoms with Crippen LogP contribution in [0.15, 0.2) is 72.8 Å². The van der Waals surface area contributed by atoms with Gasteiger partial charge in [-0.15, -0.1) is 15.0 Å². The lowest BCUT2D eigenvalue weighted by molar-refractivity contribution is 0.362. The van der Waals surface area contributed by atoms with E-state index in [1.54, 1.807) is 0 Å². The zero-order valence-electron chi connectivity index (χ0n) is 26.0. The van der Waals surface area contributed by atoms with Crippen LogP contribution < -0.4 is 14.2 Å². The molecule has 3 aromatic carbocycles. The van der Waals surface area contributed by atoms with E-state index in [4.69, 9.17) is 14.2 Å². The summed E-state index contributed by atoms with van der Waals surface area (Å²) in [5.41, 5.74) is 3.84. The molecule has 6 heteroatoms. The van der Waals surface area contributed by atoms with Gasteiger partial charge in [-0.3, -0.25) is 0 Å². The Hall–Kier alpha value is -3.93. The molecular formula is C36H45N3O3. The zero-order valence-corrected chi connectivity index (χ0v) is 26.0. The molecule has 0 radical (unpaired) electrons. The maximum Gasteiger partial charge on any atom is 0.331 e. The lowest BCUT2D eigenvalue weighted by Crippen LogP contribution is -2.02. The van der Waals surface area contributed by atoms with Crippen LogP contribution in [0.2, 0.25) is 0 Å². The van der Waals surface area contributed by atoms with Gasteiger partial charge in [-0.2, -0.15) is 0 Å². The number of nitrogens with zero attached hydrogens (tertiary/aromatic N) is 3. The van der Waals surface area contributed by atoms with Gasteiger partial charge in [0.2, 0.25) is 0 Å². The number of benzene rings is 3. The summed E-state index contributed by atoms with van der Waals surface area (Å²) in [6, 6.07) is 24.5. The predicted molar refractivity (Wildman–Crippen MR) is 169 cm³/mol. The van der Waals surface area contributed by atoms with E-state index in [-0.39, 0.29) is 18.0 Å². The van der Waals surface area contributed by atoms with Gasteiger partial charge < -0.3 is 14.2 Å². The van der Waals surface area contributed by atoms with Gasteiger partial charge in [-0.1, -0.05) is 97.2 Å². The van der Waals surface area contributed by atoms with Crippen molar-refractivity contribution in [2.75, 3.05) is 0 Å². The Labute approximate surface area is 251 Å². The third-order valence-corrected chi connectivity index (χ3v) is 7.71. The van der Waals surface area contributed by atoms with Crippen molar-refractivity contribution >= 4 is 0 Å². The number of ether oxygens (including phenoxy) is 3. The van der Waals surface area contributed by atoms with Crippen LogP contribution in [0.25, 0.3) is 0 Å². The molecule has 42 heavy (non-hydrogen) atoms. The van der Waals surface area contributed by atoms with E-state index in [9.17, 15) is 0 Å². The molecule has 0 saturated carbocycles. The summed E-state index contributed by atoms with van der Waals surface area (Å²) in [5, 5.41) is 0. The van der Waals surface area contributed by atoms with Crippen LogP contribution in [0.1, 0.15) is 115 Å². The highest BCUT2D eigenvalue weighted by Crippen LogP contribution is 2.30. The van der Waals surface area contributed by atoms with Crippen molar-refractivity contribution in [3.05, 3.63) is 89.5 Å². The number of rotatable bonds is 15. The van der Waals surface area contributed by atoms with Gasteiger partial charge in [0.05, 0.1) is 0 Å². The normalized spacial score (nSPS) is 13.3. The Morgan fingerprint density at radius 3 is 0.881 bits per heavy atom. The lowest BCUT2D eigenvalue weighted by atomic mass is 9.97. The van der Waals surface area contributed by atoms with E-state index in [0.717, 1.165) is 38.5 Å². The fourth-order valence-electron chi connectivity index (χ4n) is 5.17. The SMILES string of the molecule is CCCC(C)c1ccc(Oc2nc(Oc3ccc(C(C)CCC)cc3)nc(Oc3ccc(C(C)CCC)cc3)n2)cc1. The average molecular weight is 568 g/mol. The summed E-state index contributed by atoms with van der Waals surface area (Å²) in [4.78, 5) is 13.4. The van der Waals surface area contributed by atoms with Crippen molar-refractivity contribution in [3.63, 3.8) is 0 Å². The largest absolute Gasteiger partial charge is 0.424 e. The first-order valence-corrected chi connectivity index (χ1v) is 15.5. The molecule has 1 heterocycles. The third-order valence-electron chi connectivity index (χ3n) is 7.71. The van der Waals surface area contributed by atoms with Gasteiger partial charge in [0.25, 0.3) is 0 Å². The van der Waals surface area contributed by atoms with Gasteiger partial charge in [-0.05, 0) is 90.1 Å². The summed E-state index contributed by atoms with van der Waals surface area (Å²) in [7, 11) is 0. The summed E-state index contributed by atoms with van der Waals surface area (Å²) < 4.78 is 18.2. The second kappa shape index (κ2) is 15.3. The molecule has 3 unspecified atom stereocenters. The second-order valence-corrected chi connectivity index (χ2v) is 11.3. The fraction of sp³-hybridized carbons (Fsp3) is 0.417. The highest BCUT2D eigenvalue weighted by molar-refractivity contribution is 5.34. The summed E-state index contributed by atoms with van der Waals surface area (Å²) in [5.74, 6) is 3.38. The van der Waals surface area contributed by atoms with E-state index in [0.29, 0.717) is 35.0 Å². The molecule has 4 rings (SSSR count). The maximum atomic E-state index is 6.06. The van der Waals surface area contributed by atoms with Crippen LogP contribution in [-0.4, -0.2) is 15.0 Å². The summed E-state index contributed by atoms with van der Waals surface area (Å²) in [6.07, 6.45) is 6.88. The first-order chi connectivity index (χ1) is 20.4. The average Bonchev–Trinajstić information content (AvgIpc) is 2.98. The van der Waals surface area contributed by atoms with Crippen LogP contribution in [-0.2, 0) is 0 Å². The van der Waals surface area contributed by atoms with Crippen LogP contribution in [0, 0.1) is 0 Å². The Balaban J connectivity index is 1.57. The van der Waals surface area contributed by atoms with Gasteiger partial charge in [0, 0.05) is 0 Å². The van der Waals surface area contributed by atoms with E-state index in [2.05, 4.69) is 92.9 Å². The smallest absolute Gasteiger partial charge is 0.331 e. The molecule has 4 aromatic rings. The molecule has 0 aliphatic carbocycles. The van der Waals surface area contributed by atoms with Gasteiger partial charge in [0.1, 0.15) is 17.2 Å². The Morgan fingerprint density at radius 2 is 0.667 bits per heavy atom. The zero-order chi connectivity index (χ0) is 29.9. The number of aromatic nitrogens is 3. The topological polar surface area (TPSA) is 66.4 Å². The molecule has 222 valence electrons. The third kappa shape index (κ3) is 8.78. The minimum atomic E-state index is 0.103. The Morgan fingerprint density at radius 1 is 0.429 bits per heavy atom. The quantitative estimate of drug-likeness (QED) is 0.142. The number of hydrogen-bond donors (Lipinski definition) is 0. The molecule has 3 atom stereocenters. The summed E-state index contributed by atoms with van der Waals surface area (Å²) >= 11 is 0. The van der Waals surface area contributed by atoms with Crippen molar-refractivity contribution in [2.45, 2.75) is 97.8 Å². The van der Waals surface area contributed by atoms with Crippen LogP contribution >= 0.6 is 0 Å². The van der Waals surface area contributed by atoms with Crippen molar-refractivity contribution < 1.29 is 14.2 Å². The molecule has 0 spiro atoms. The van der Waals surface area contributed by atoms with E-state index >= 15 is 0 Å². The van der Waals surface area contributed by atoms with Gasteiger partial charge in [-0.25, -0.2) is 0 Å². The minimum absolute atomic E-state index is 0.103. The van der Waals surface area contributed by atoms with Crippen molar-refractivity contribution in [1.82, 2.24) is 15.0 Å². The van der Waals surface area contributed by atoms with Gasteiger partial charge >= 0.3 is 18.0 Å². The van der Waals surface area contributed by atoms with E-state index in [1.165, 1.54) is 16.7 Å². The predicted octanol–water partition coefficient (Wildman–Crippen LogP) is 11.0. The molecule has 0 saturated heterocycles. The molecule has 0 N–H and O–H groups in total. The first kappa shape index (κ1) is 31.0. The van der Waals surface area contributed by atoms with Crippen LogP contribution in [0.3, 0.4) is 0 Å². The monoisotopic (exact) mass is 567 g/mol. The van der Waals surface area contributed by atoms with E-state index in [1.807, 2.05) is 36.4 Å². The van der Waals surface area contributed by atoms with Crippen molar-refractivity contribution in [2.24, 2.45) is 0 Å². The minimum Gasteiger partial charge on any atom is -0.424 e. The fourth-order valence-corrected chi connectivity index (χ4v) is 5.17. The van der Waals surface area contributed by atoms with Crippen LogP contribution in [0.5, 0.6) is 35.3 Å². The molecule has 6 nitrogen and oxygen atoms in total. The maximum absolute atomic E-state index is 6.06. The highest BCUT2D eigenvalue weighted by Gasteiger charge is 2.15. The van der Waals surface area contributed by atoms with Crippen molar-refractivity contribution in [3.8, 4) is 35.3 Å². The first-order valence-electron chi connectivity index (χ1n) is 15.5. The molecular weight excluding hydrogens is 522 g/mol. The van der Waals surface area contributed by atoms with Crippen LogP contribution in [0.4, 0.5) is 0 Å². The molecule has 0 aliphatic rings. The molecule has 0 amide bonds. The van der Waals surface area contributed by atoms with Crippen molar-refractivity contribution in [1.29, 1.82) is 0 Å². The summed E-state index contributed by atoms with van der Waals surface area (Å²) in [6.45, 7) is 13.3. The molecule has 0 fully saturated rings. The van der Waals surface area contributed by atoms with Gasteiger partial charge in [0.15, 0.2) is 0 Å². The Bertz CT molecular complexity index is 1190. The lowest BCUT2D eigenvalue weighted by Gasteiger charge is -2.13. The molecule has 1 aromatic heterocycles. The molecule has 0 aliphatic heterocycles. The second-order valence-electron chi connectivity index (χ2n) is 11.3. The number of hydrogen-bond acceptors (Lipinski definition) is 6. The van der Waals surface area contributed by atoms with E-state index < -0.39 is 0 Å². The molecule has 0 bridgehead atoms. The highest BCUT2D eigenvalue weighted by atomic mass is 16.5. The Kier molecular flexibility index (Phi) is 11.3.